The minimum atomic E-state index is 0.888. The van der Waals surface area contributed by atoms with Crippen molar-refractivity contribution in [3.63, 3.8) is 0 Å². The van der Waals surface area contributed by atoms with E-state index in [-0.39, 0.29) is 0 Å². The lowest BCUT2D eigenvalue weighted by molar-refractivity contribution is 1.04. The standard InChI is InChI=1S/C10H9BrN2S2/c1-6-3-7(2)12-9(4-6)15-10-13-8(11)5-14-10/h3-5H,1-2H3. The van der Waals surface area contributed by atoms with E-state index in [0.29, 0.717) is 0 Å². The number of hydrogen-bond acceptors (Lipinski definition) is 4. The molecule has 2 heterocycles. The first kappa shape index (κ1) is 11.1. The number of thiazole rings is 1. The van der Waals surface area contributed by atoms with E-state index in [1.54, 1.807) is 23.1 Å². The van der Waals surface area contributed by atoms with E-state index in [1.807, 2.05) is 12.3 Å². The van der Waals surface area contributed by atoms with Crippen LogP contribution in [0, 0.1) is 13.8 Å². The lowest BCUT2D eigenvalue weighted by Gasteiger charge is -2.00. The van der Waals surface area contributed by atoms with Gasteiger partial charge in [-0.05, 0) is 59.2 Å². The first-order chi connectivity index (χ1) is 7.13. The Morgan fingerprint density at radius 2 is 2.07 bits per heavy atom. The molecule has 0 fully saturated rings. The summed E-state index contributed by atoms with van der Waals surface area (Å²) >= 11 is 6.56. The van der Waals surface area contributed by atoms with Gasteiger partial charge in [0.25, 0.3) is 0 Å². The minimum Gasteiger partial charge on any atom is -0.246 e. The number of rotatable bonds is 2. The number of aromatic nitrogens is 2. The van der Waals surface area contributed by atoms with Crippen molar-refractivity contribution in [3.05, 3.63) is 33.4 Å². The van der Waals surface area contributed by atoms with Gasteiger partial charge in [-0.1, -0.05) is 0 Å². The highest BCUT2D eigenvalue weighted by Crippen LogP contribution is 2.30. The molecule has 2 rings (SSSR count). The Labute approximate surface area is 105 Å². The Hall–Kier alpha value is -0.390. The Bertz CT molecular complexity index is 462. The molecule has 2 nitrogen and oxygen atoms in total. The fourth-order valence-electron chi connectivity index (χ4n) is 1.23. The molecule has 0 aliphatic carbocycles. The van der Waals surface area contributed by atoms with Crippen LogP contribution in [-0.4, -0.2) is 9.97 Å². The highest BCUT2D eigenvalue weighted by Gasteiger charge is 2.04. The minimum absolute atomic E-state index is 0.888. The van der Waals surface area contributed by atoms with E-state index in [4.69, 9.17) is 0 Å². The Morgan fingerprint density at radius 1 is 1.27 bits per heavy atom. The first-order valence-corrected chi connectivity index (χ1v) is 6.86. The molecule has 0 saturated carbocycles. The molecule has 5 heteroatoms. The van der Waals surface area contributed by atoms with Crippen molar-refractivity contribution in [1.82, 2.24) is 9.97 Å². The van der Waals surface area contributed by atoms with E-state index in [0.717, 1.165) is 19.7 Å². The number of halogens is 1. The molecule has 2 aromatic rings. The van der Waals surface area contributed by atoms with Gasteiger partial charge in [-0.2, -0.15) is 0 Å². The highest BCUT2D eigenvalue weighted by molar-refractivity contribution is 9.10. The predicted molar refractivity (Wildman–Crippen MR) is 67.6 cm³/mol. The zero-order chi connectivity index (χ0) is 10.8. The monoisotopic (exact) mass is 300 g/mol. The van der Waals surface area contributed by atoms with Gasteiger partial charge in [0, 0.05) is 11.1 Å². The summed E-state index contributed by atoms with van der Waals surface area (Å²) in [5.41, 5.74) is 2.29. The smallest absolute Gasteiger partial charge is 0.157 e. The molecular formula is C10H9BrN2S2. The fourth-order valence-corrected chi connectivity index (χ4v) is 3.68. The maximum absolute atomic E-state index is 4.45. The second-order valence-corrected chi connectivity index (χ2v) is 6.10. The summed E-state index contributed by atoms with van der Waals surface area (Å²) in [6.07, 6.45) is 0. The van der Waals surface area contributed by atoms with Crippen LogP contribution < -0.4 is 0 Å². The molecule has 0 aromatic carbocycles. The van der Waals surface area contributed by atoms with Crippen molar-refractivity contribution in [3.8, 4) is 0 Å². The average Bonchev–Trinajstić information content (AvgIpc) is 2.49. The maximum Gasteiger partial charge on any atom is 0.157 e. The zero-order valence-electron chi connectivity index (χ0n) is 8.32. The van der Waals surface area contributed by atoms with Crippen LogP contribution in [0.5, 0.6) is 0 Å². The molecule has 0 saturated heterocycles. The third-order valence-corrected chi connectivity index (χ3v) is 4.29. The van der Waals surface area contributed by atoms with Crippen molar-refractivity contribution >= 4 is 39.0 Å². The van der Waals surface area contributed by atoms with Gasteiger partial charge in [-0.3, -0.25) is 0 Å². The van der Waals surface area contributed by atoms with Crippen LogP contribution in [0.15, 0.2) is 31.5 Å². The summed E-state index contributed by atoms with van der Waals surface area (Å²) in [4.78, 5) is 8.78. The van der Waals surface area contributed by atoms with Crippen LogP contribution in [-0.2, 0) is 0 Å². The van der Waals surface area contributed by atoms with Gasteiger partial charge in [-0.25, -0.2) is 9.97 Å². The van der Waals surface area contributed by atoms with E-state index >= 15 is 0 Å². The molecule has 0 spiro atoms. The van der Waals surface area contributed by atoms with Gasteiger partial charge >= 0.3 is 0 Å². The van der Waals surface area contributed by atoms with Crippen LogP contribution in [0.1, 0.15) is 11.3 Å². The Kier molecular flexibility index (Phi) is 3.43. The van der Waals surface area contributed by atoms with Crippen LogP contribution in [0.4, 0.5) is 0 Å². The molecule has 0 aliphatic heterocycles. The second kappa shape index (κ2) is 4.63. The lowest BCUT2D eigenvalue weighted by Crippen LogP contribution is -1.86. The predicted octanol–water partition coefficient (Wildman–Crippen LogP) is 4.07. The van der Waals surface area contributed by atoms with E-state index in [9.17, 15) is 0 Å². The van der Waals surface area contributed by atoms with E-state index < -0.39 is 0 Å². The third-order valence-electron chi connectivity index (χ3n) is 1.72. The Morgan fingerprint density at radius 3 is 2.67 bits per heavy atom. The quantitative estimate of drug-likeness (QED) is 0.836. The van der Waals surface area contributed by atoms with Gasteiger partial charge in [0.2, 0.25) is 0 Å². The molecule has 0 bridgehead atoms. The van der Waals surface area contributed by atoms with Crippen molar-refractivity contribution in [2.45, 2.75) is 23.2 Å². The van der Waals surface area contributed by atoms with Crippen molar-refractivity contribution in [2.24, 2.45) is 0 Å². The van der Waals surface area contributed by atoms with E-state index in [1.165, 1.54) is 5.56 Å². The van der Waals surface area contributed by atoms with Crippen LogP contribution in [0.3, 0.4) is 0 Å². The first-order valence-electron chi connectivity index (χ1n) is 4.37. The molecule has 15 heavy (non-hydrogen) atoms. The van der Waals surface area contributed by atoms with Gasteiger partial charge in [0.15, 0.2) is 4.34 Å². The molecule has 0 atom stereocenters. The summed E-state index contributed by atoms with van der Waals surface area (Å²) in [6.45, 7) is 4.09. The van der Waals surface area contributed by atoms with Gasteiger partial charge in [0.1, 0.15) is 9.63 Å². The molecule has 0 unspecified atom stereocenters. The number of aryl methyl sites for hydroxylation is 2. The molecule has 2 aromatic heterocycles. The maximum atomic E-state index is 4.45. The van der Waals surface area contributed by atoms with Crippen molar-refractivity contribution in [2.75, 3.05) is 0 Å². The van der Waals surface area contributed by atoms with Crippen LogP contribution in [0.25, 0.3) is 0 Å². The SMILES string of the molecule is Cc1cc(C)nc(Sc2nc(Br)cs2)c1. The molecule has 78 valence electrons. The Balaban J connectivity index is 2.24. The zero-order valence-corrected chi connectivity index (χ0v) is 11.5. The summed E-state index contributed by atoms with van der Waals surface area (Å²) in [5, 5.41) is 2.99. The van der Waals surface area contributed by atoms with Gasteiger partial charge in [0.05, 0.1) is 0 Å². The molecule has 0 amide bonds. The van der Waals surface area contributed by atoms with Crippen LogP contribution in [0.2, 0.25) is 0 Å². The van der Waals surface area contributed by atoms with Gasteiger partial charge in [-0.15, -0.1) is 11.3 Å². The molecular weight excluding hydrogens is 292 g/mol. The second-order valence-electron chi connectivity index (χ2n) is 3.16. The largest absolute Gasteiger partial charge is 0.246 e. The van der Waals surface area contributed by atoms with Crippen molar-refractivity contribution < 1.29 is 0 Å². The topological polar surface area (TPSA) is 25.8 Å². The third kappa shape index (κ3) is 3.03. The number of nitrogens with zero attached hydrogens (tertiary/aromatic N) is 2. The van der Waals surface area contributed by atoms with Crippen LogP contribution >= 0.6 is 39.0 Å². The molecule has 0 N–H and O–H groups in total. The number of hydrogen-bond donors (Lipinski definition) is 0. The summed E-state index contributed by atoms with van der Waals surface area (Å²) in [5.74, 6) is 0. The summed E-state index contributed by atoms with van der Waals surface area (Å²) < 4.78 is 1.90. The fraction of sp³-hybridized carbons (Fsp3) is 0.200. The molecule has 0 aliphatic rings. The highest BCUT2D eigenvalue weighted by atomic mass is 79.9. The van der Waals surface area contributed by atoms with Gasteiger partial charge < -0.3 is 0 Å². The number of pyridine rings is 1. The normalized spacial score (nSPS) is 10.6. The van der Waals surface area contributed by atoms with E-state index in [2.05, 4.69) is 45.0 Å². The lowest BCUT2D eigenvalue weighted by atomic mass is 10.3. The average molecular weight is 301 g/mol. The van der Waals surface area contributed by atoms with Crippen molar-refractivity contribution in [1.29, 1.82) is 0 Å². The molecule has 0 radical (unpaired) electrons. The summed E-state index contributed by atoms with van der Waals surface area (Å²) in [7, 11) is 0. The summed E-state index contributed by atoms with van der Waals surface area (Å²) in [6, 6.07) is 4.15.